The van der Waals surface area contributed by atoms with E-state index in [1.807, 2.05) is 78.9 Å². The summed E-state index contributed by atoms with van der Waals surface area (Å²) in [7, 11) is 0. The van der Waals surface area contributed by atoms with Gasteiger partial charge in [-0.2, -0.15) is 4.99 Å². The molecule has 0 saturated heterocycles. The predicted molar refractivity (Wildman–Crippen MR) is 99.0 cm³/mol. The van der Waals surface area contributed by atoms with E-state index in [4.69, 9.17) is 12.2 Å². The third kappa shape index (κ3) is 3.62. The van der Waals surface area contributed by atoms with Crippen LogP contribution in [0.3, 0.4) is 0 Å². The zero-order valence-electron chi connectivity index (χ0n) is 12.4. The molecule has 3 rings (SSSR count). The number of rotatable bonds is 2. The molecule has 0 N–H and O–H groups in total. The molecule has 2 heteroatoms. The number of thiocarbonyl (C=S) groups is 1. The van der Waals surface area contributed by atoms with Crippen LogP contribution in [0.5, 0.6) is 0 Å². The van der Waals surface area contributed by atoms with Crippen molar-refractivity contribution < 1.29 is 0 Å². The van der Waals surface area contributed by atoms with Gasteiger partial charge in [0, 0.05) is 16.7 Å². The molecule has 0 heterocycles. The molecule has 0 aliphatic carbocycles. The maximum atomic E-state index is 4.78. The van der Waals surface area contributed by atoms with Crippen LogP contribution in [-0.2, 0) is 0 Å². The molecule has 23 heavy (non-hydrogen) atoms. The molecular weight excluding hydrogens is 298 g/mol. The molecule has 0 radical (unpaired) electrons. The smallest absolute Gasteiger partial charge is 0.0830 e. The number of isothiocyanates is 1. The van der Waals surface area contributed by atoms with E-state index in [-0.39, 0.29) is 0 Å². The largest absolute Gasteiger partial charge is 0.194 e. The highest BCUT2D eigenvalue weighted by Crippen LogP contribution is 2.33. The number of benzene rings is 3. The molecule has 0 saturated carbocycles. The zero-order valence-corrected chi connectivity index (χ0v) is 13.2. The van der Waals surface area contributed by atoms with Gasteiger partial charge in [0.1, 0.15) is 0 Å². The van der Waals surface area contributed by atoms with Crippen molar-refractivity contribution in [1.82, 2.24) is 0 Å². The summed E-state index contributed by atoms with van der Waals surface area (Å²) in [5, 5.41) is 2.46. The Hall–Kier alpha value is -2.98. The maximum Gasteiger partial charge on any atom is 0.0830 e. The Balaban J connectivity index is 2.16. The Labute approximate surface area is 141 Å². The third-order valence-electron chi connectivity index (χ3n) is 3.39. The van der Waals surface area contributed by atoms with Gasteiger partial charge in [-0.1, -0.05) is 66.4 Å². The molecule has 3 aromatic carbocycles. The molecule has 0 unspecified atom stereocenters. The fourth-order valence-corrected chi connectivity index (χ4v) is 2.45. The molecule has 0 aliphatic rings. The van der Waals surface area contributed by atoms with Gasteiger partial charge in [0.25, 0.3) is 0 Å². The lowest BCUT2D eigenvalue weighted by atomic mass is 9.98. The molecule has 108 valence electrons. The van der Waals surface area contributed by atoms with Gasteiger partial charge in [0.2, 0.25) is 0 Å². The first-order valence-corrected chi connectivity index (χ1v) is 7.62. The van der Waals surface area contributed by atoms with Crippen LogP contribution in [0.15, 0.2) is 83.9 Å². The second-order valence-corrected chi connectivity index (χ2v) is 5.07. The topological polar surface area (TPSA) is 12.4 Å². The van der Waals surface area contributed by atoms with Crippen molar-refractivity contribution >= 4 is 23.1 Å². The first kappa shape index (κ1) is 14.9. The van der Waals surface area contributed by atoms with Gasteiger partial charge in [-0.15, -0.1) is 0 Å². The van der Waals surface area contributed by atoms with E-state index < -0.39 is 0 Å². The number of hydrogen-bond donors (Lipinski definition) is 0. The Kier molecular flexibility index (Phi) is 4.76. The van der Waals surface area contributed by atoms with E-state index in [0.717, 1.165) is 27.9 Å². The van der Waals surface area contributed by atoms with Crippen molar-refractivity contribution in [3.63, 3.8) is 0 Å². The lowest BCUT2D eigenvalue weighted by Gasteiger charge is -2.08. The van der Waals surface area contributed by atoms with Crippen molar-refractivity contribution in [2.45, 2.75) is 0 Å². The van der Waals surface area contributed by atoms with Gasteiger partial charge in [0.15, 0.2) is 0 Å². The van der Waals surface area contributed by atoms with E-state index in [1.54, 1.807) is 0 Å². The molecule has 0 aliphatic heterocycles. The Morgan fingerprint density at radius 2 is 1.39 bits per heavy atom. The average molecular weight is 311 g/mol. The van der Waals surface area contributed by atoms with E-state index in [1.165, 1.54) is 0 Å². The number of aliphatic imine (C=N–C) groups is 1. The summed E-state index contributed by atoms with van der Waals surface area (Å²) in [5.41, 5.74) is 4.73. The Morgan fingerprint density at radius 1 is 0.696 bits per heavy atom. The molecular formula is C21H13NS. The Morgan fingerprint density at radius 3 is 2.09 bits per heavy atom. The van der Waals surface area contributed by atoms with E-state index in [0.29, 0.717) is 0 Å². The van der Waals surface area contributed by atoms with Crippen LogP contribution in [-0.4, -0.2) is 5.16 Å². The minimum absolute atomic E-state index is 0.783. The van der Waals surface area contributed by atoms with Crippen LogP contribution in [0.4, 0.5) is 5.69 Å². The summed E-state index contributed by atoms with van der Waals surface area (Å²) in [4.78, 5) is 4.20. The summed E-state index contributed by atoms with van der Waals surface area (Å²) in [6.45, 7) is 0. The predicted octanol–water partition coefficient (Wildman–Crippen LogP) is 5.49. The van der Waals surface area contributed by atoms with Gasteiger partial charge in [-0.3, -0.25) is 0 Å². The van der Waals surface area contributed by atoms with Crippen molar-refractivity contribution in [3.05, 3.63) is 90.0 Å². The molecule has 0 amide bonds. The van der Waals surface area contributed by atoms with Gasteiger partial charge in [-0.25, -0.2) is 0 Å². The van der Waals surface area contributed by atoms with Crippen molar-refractivity contribution in [2.75, 3.05) is 0 Å². The first-order chi connectivity index (χ1) is 11.4. The normalized spacial score (nSPS) is 9.39. The fraction of sp³-hybridized carbons (Fsp3) is 0. The zero-order chi connectivity index (χ0) is 15.9. The van der Waals surface area contributed by atoms with E-state index in [2.05, 4.69) is 22.0 Å². The van der Waals surface area contributed by atoms with Gasteiger partial charge < -0.3 is 0 Å². The van der Waals surface area contributed by atoms with Gasteiger partial charge in [0.05, 0.1) is 10.8 Å². The fourth-order valence-electron chi connectivity index (χ4n) is 2.36. The highest BCUT2D eigenvalue weighted by atomic mass is 32.1. The van der Waals surface area contributed by atoms with Crippen molar-refractivity contribution in [3.8, 4) is 23.0 Å². The minimum atomic E-state index is 0.783. The average Bonchev–Trinajstić information content (AvgIpc) is 2.62. The van der Waals surface area contributed by atoms with Crippen molar-refractivity contribution in [1.29, 1.82) is 0 Å². The second-order valence-electron chi connectivity index (χ2n) is 4.88. The summed E-state index contributed by atoms with van der Waals surface area (Å²) < 4.78 is 0. The lowest BCUT2D eigenvalue weighted by Crippen LogP contribution is -1.86. The highest BCUT2D eigenvalue weighted by molar-refractivity contribution is 7.78. The number of hydrogen-bond acceptors (Lipinski definition) is 2. The summed E-state index contributed by atoms with van der Waals surface area (Å²) in [6.07, 6.45) is 0. The molecule has 0 fully saturated rings. The second kappa shape index (κ2) is 7.33. The molecule has 0 atom stereocenters. The van der Waals surface area contributed by atoms with Crippen LogP contribution >= 0.6 is 12.2 Å². The van der Waals surface area contributed by atoms with Crippen LogP contribution in [0, 0.1) is 11.8 Å². The van der Waals surface area contributed by atoms with Crippen molar-refractivity contribution in [2.24, 2.45) is 4.99 Å². The van der Waals surface area contributed by atoms with Crippen LogP contribution in [0.1, 0.15) is 11.1 Å². The summed E-state index contributed by atoms with van der Waals surface area (Å²) in [5.74, 6) is 6.46. The van der Waals surface area contributed by atoms with E-state index >= 15 is 0 Å². The molecule has 3 aromatic rings. The first-order valence-electron chi connectivity index (χ1n) is 7.22. The molecule has 0 spiro atoms. The summed E-state index contributed by atoms with van der Waals surface area (Å²) >= 11 is 4.78. The van der Waals surface area contributed by atoms with E-state index in [9.17, 15) is 0 Å². The SMILES string of the molecule is S=C=Nc1cccc(C#Cc2ccccc2)c1-c1ccccc1. The van der Waals surface area contributed by atoms with Gasteiger partial charge >= 0.3 is 0 Å². The number of nitrogens with zero attached hydrogens (tertiary/aromatic N) is 1. The third-order valence-corrected chi connectivity index (χ3v) is 3.48. The standard InChI is InChI=1S/C21H13NS/c23-16-22-20-13-7-12-19(15-14-17-8-3-1-4-9-17)21(20)18-10-5-2-6-11-18/h1-13H. The Bertz CT molecular complexity index is 912. The van der Waals surface area contributed by atoms with Gasteiger partial charge in [-0.05, 0) is 42.0 Å². The molecule has 0 bridgehead atoms. The van der Waals surface area contributed by atoms with Crippen LogP contribution < -0.4 is 0 Å². The molecule has 1 nitrogen and oxygen atoms in total. The monoisotopic (exact) mass is 311 g/mol. The van der Waals surface area contributed by atoms with Crippen LogP contribution in [0.25, 0.3) is 11.1 Å². The maximum absolute atomic E-state index is 4.78. The highest BCUT2D eigenvalue weighted by Gasteiger charge is 2.08. The van der Waals surface area contributed by atoms with Crippen LogP contribution in [0.2, 0.25) is 0 Å². The minimum Gasteiger partial charge on any atom is -0.194 e. The lowest BCUT2D eigenvalue weighted by molar-refractivity contribution is 1.50. The summed E-state index contributed by atoms with van der Waals surface area (Å²) in [6, 6.07) is 25.9. The quantitative estimate of drug-likeness (QED) is 0.346. The molecule has 0 aromatic heterocycles.